The topological polar surface area (TPSA) is 129 Å². The summed E-state index contributed by atoms with van der Waals surface area (Å²) in [6.07, 6.45) is 5.20. The zero-order chi connectivity index (χ0) is 40.7. The van der Waals surface area contributed by atoms with Gasteiger partial charge in [-0.15, -0.1) is 0 Å². The lowest BCUT2D eigenvalue weighted by Gasteiger charge is -2.40. The number of amides is 3. The maximum absolute atomic E-state index is 15.0. The molecule has 1 atom stereocenters. The number of nitrogens with one attached hydrogen (secondary N) is 2. The van der Waals surface area contributed by atoms with E-state index in [9.17, 15) is 14.4 Å². The first-order chi connectivity index (χ1) is 28.0. The van der Waals surface area contributed by atoms with Gasteiger partial charge in [-0.2, -0.15) is 0 Å². The summed E-state index contributed by atoms with van der Waals surface area (Å²) in [5.74, 6) is -0.205. The van der Waals surface area contributed by atoms with E-state index in [4.69, 9.17) is 49.5 Å². The van der Waals surface area contributed by atoms with Gasteiger partial charge in [-0.3, -0.25) is 9.59 Å². The van der Waals surface area contributed by atoms with Crippen LogP contribution in [0.25, 0.3) is 33.4 Å². The molecule has 5 heterocycles. The molecule has 2 saturated heterocycles. The number of fused-ring (bicyclic) bond motifs is 1. The third kappa shape index (κ3) is 7.59. The van der Waals surface area contributed by atoms with Crippen LogP contribution >= 0.6 is 34.8 Å². The molecule has 6 aromatic rings. The van der Waals surface area contributed by atoms with E-state index in [1.165, 1.54) is 11.1 Å². The van der Waals surface area contributed by atoms with Gasteiger partial charge in [0.15, 0.2) is 5.82 Å². The molecule has 2 fully saturated rings. The van der Waals surface area contributed by atoms with Crippen LogP contribution in [0.2, 0.25) is 15.1 Å². The minimum atomic E-state index is -0.463. The second-order valence-electron chi connectivity index (χ2n) is 14.8. The van der Waals surface area contributed by atoms with Gasteiger partial charge in [-0.25, -0.2) is 14.8 Å². The van der Waals surface area contributed by atoms with Crippen molar-refractivity contribution < 1.29 is 19.1 Å². The highest BCUT2D eigenvalue weighted by atomic mass is 35.5. The van der Waals surface area contributed by atoms with Crippen LogP contribution in [0.3, 0.4) is 0 Å². The summed E-state index contributed by atoms with van der Waals surface area (Å²) in [7, 11) is 3.33. The summed E-state index contributed by atoms with van der Waals surface area (Å²) >= 11 is 19.6. The fourth-order valence-electron chi connectivity index (χ4n) is 7.94. The minimum Gasteiger partial charge on any atom is -0.449 e. The molecule has 12 nitrogen and oxygen atoms in total. The Morgan fingerprint density at radius 1 is 0.948 bits per heavy atom. The SMILES string of the molecule is C[C@@H](c1ccc(Cl)cc1Cl)n1cnc(-c2ccccc2)c1-c1c(C(=O)Nc2cc(C(=O)N(C)C)cnc2N2CCC(N3CCCOC3=O)CC2)[nH]c2cc(Cl)ccc12. The van der Waals surface area contributed by atoms with Crippen LogP contribution in [0.1, 0.15) is 58.6 Å². The Hall–Kier alpha value is -5.56. The molecule has 3 amide bonds. The number of halogens is 3. The Balaban J connectivity index is 1.23. The molecular formula is C43H41Cl3N8O4. The van der Waals surface area contributed by atoms with Crippen LogP contribution in [-0.2, 0) is 4.74 Å². The van der Waals surface area contributed by atoms with Gasteiger partial charge in [-0.05, 0) is 62.1 Å². The van der Waals surface area contributed by atoms with Gasteiger partial charge in [0.05, 0.1) is 41.6 Å². The number of piperidine rings is 1. The van der Waals surface area contributed by atoms with Crippen molar-refractivity contribution in [2.45, 2.75) is 38.3 Å². The van der Waals surface area contributed by atoms with Gasteiger partial charge < -0.3 is 34.3 Å². The molecule has 0 aliphatic carbocycles. The van der Waals surface area contributed by atoms with Crippen molar-refractivity contribution in [2.75, 3.05) is 50.6 Å². The smallest absolute Gasteiger partial charge is 0.410 e. The number of nitrogens with zero attached hydrogens (tertiary/aromatic N) is 6. The zero-order valence-corrected chi connectivity index (χ0v) is 34.4. The summed E-state index contributed by atoms with van der Waals surface area (Å²) < 4.78 is 7.33. The maximum atomic E-state index is 15.0. The molecule has 8 rings (SSSR count). The minimum absolute atomic E-state index is 0.0335. The van der Waals surface area contributed by atoms with Crippen molar-refractivity contribution in [3.8, 4) is 22.5 Å². The number of hydrogen-bond acceptors (Lipinski definition) is 7. The van der Waals surface area contributed by atoms with Gasteiger partial charge in [0.1, 0.15) is 5.69 Å². The highest BCUT2D eigenvalue weighted by Crippen LogP contribution is 2.43. The third-order valence-corrected chi connectivity index (χ3v) is 11.7. The summed E-state index contributed by atoms with van der Waals surface area (Å²) in [5.41, 5.74) is 5.18. The Morgan fingerprint density at radius 2 is 1.69 bits per heavy atom. The van der Waals surface area contributed by atoms with Crippen LogP contribution < -0.4 is 10.2 Å². The fourth-order valence-corrected chi connectivity index (χ4v) is 8.68. The lowest BCUT2D eigenvalue weighted by molar-refractivity contribution is 0.0499. The van der Waals surface area contributed by atoms with Crippen LogP contribution in [0, 0.1) is 0 Å². The Morgan fingerprint density at radius 3 is 2.41 bits per heavy atom. The number of benzene rings is 3. The van der Waals surface area contributed by atoms with E-state index in [0.29, 0.717) is 93.7 Å². The molecule has 0 unspecified atom stereocenters. The summed E-state index contributed by atoms with van der Waals surface area (Å²) in [6.45, 7) is 4.27. The molecule has 0 radical (unpaired) electrons. The van der Waals surface area contributed by atoms with Crippen molar-refractivity contribution in [2.24, 2.45) is 0 Å². The number of hydrogen-bond donors (Lipinski definition) is 2. The fraction of sp³-hybridized carbons (Fsp3) is 0.279. The van der Waals surface area contributed by atoms with E-state index in [1.807, 2.05) is 58.9 Å². The number of rotatable bonds is 9. The van der Waals surface area contributed by atoms with E-state index < -0.39 is 5.91 Å². The van der Waals surface area contributed by atoms with Crippen molar-refractivity contribution >= 4 is 75.1 Å². The van der Waals surface area contributed by atoms with Crippen LogP contribution in [-0.4, -0.2) is 93.6 Å². The number of cyclic esters (lactones) is 1. The average Bonchev–Trinajstić information content (AvgIpc) is 3.82. The van der Waals surface area contributed by atoms with Crippen molar-refractivity contribution in [3.63, 3.8) is 0 Å². The van der Waals surface area contributed by atoms with Crippen molar-refractivity contribution in [1.82, 2.24) is 29.3 Å². The largest absolute Gasteiger partial charge is 0.449 e. The normalized spacial score (nSPS) is 15.4. The number of ether oxygens (including phenoxy) is 1. The quantitative estimate of drug-likeness (QED) is 0.149. The molecule has 2 aliphatic rings. The molecular weight excluding hydrogens is 799 g/mol. The average molecular weight is 840 g/mol. The van der Waals surface area contributed by atoms with E-state index in [-0.39, 0.29) is 29.8 Å². The van der Waals surface area contributed by atoms with E-state index in [1.54, 1.807) is 50.8 Å². The molecule has 3 aromatic heterocycles. The second kappa shape index (κ2) is 16.4. The Kier molecular flexibility index (Phi) is 11.1. The summed E-state index contributed by atoms with van der Waals surface area (Å²) in [6, 6.07) is 22.0. The first-order valence-corrected chi connectivity index (χ1v) is 20.2. The number of anilines is 2. The molecule has 15 heteroatoms. The van der Waals surface area contributed by atoms with Crippen LogP contribution in [0.5, 0.6) is 0 Å². The first-order valence-electron chi connectivity index (χ1n) is 19.1. The Bertz CT molecular complexity index is 2530. The van der Waals surface area contributed by atoms with Gasteiger partial charge in [0, 0.05) is 83.1 Å². The summed E-state index contributed by atoms with van der Waals surface area (Å²) in [5, 5.41) is 5.40. The van der Waals surface area contributed by atoms with E-state index in [2.05, 4.69) is 15.2 Å². The molecule has 0 spiro atoms. The van der Waals surface area contributed by atoms with Crippen molar-refractivity contribution in [3.05, 3.63) is 117 Å². The molecule has 58 heavy (non-hydrogen) atoms. The number of carbonyl (C=O) groups is 3. The maximum Gasteiger partial charge on any atom is 0.410 e. The zero-order valence-electron chi connectivity index (χ0n) is 32.1. The van der Waals surface area contributed by atoms with Crippen LogP contribution in [0.15, 0.2) is 85.3 Å². The van der Waals surface area contributed by atoms with Gasteiger partial charge in [-0.1, -0.05) is 77.3 Å². The second-order valence-corrected chi connectivity index (χ2v) is 16.0. The monoisotopic (exact) mass is 838 g/mol. The molecule has 0 bridgehead atoms. The number of aromatic nitrogens is 4. The van der Waals surface area contributed by atoms with Gasteiger partial charge in [0.2, 0.25) is 0 Å². The number of carbonyl (C=O) groups excluding carboxylic acids is 3. The third-order valence-electron chi connectivity index (χ3n) is 10.9. The number of pyridine rings is 1. The highest BCUT2D eigenvalue weighted by molar-refractivity contribution is 6.35. The lowest BCUT2D eigenvalue weighted by atomic mass is 9.99. The van der Waals surface area contributed by atoms with Crippen LogP contribution in [0.4, 0.5) is 16.3 Å². The number of imidazole rings is 1. The van der Waals surface area contributed by atoms with Gasteiger partial charge >= 0.3 is 6.09 Å². The van der Waals surface area contributed by atoms with Gasteiger partial charge in [0.25, 0.3) is 11.8 Å². The van der Waals surface area contributed by atoms with E-state index in [0.717, 1.165) is 22.9 Å². The summed E-state index contributed by atoms with van der Waals surface area (Å²) in [4.78, 5) is 59.2. The molecule has 3 aromatic carbocycles. The lowest BCUT2D eigenvalue weighted by Crippen LogP contribution is -2.50. The molecule has 0 saturated carbocycles. The number of aromatic amines is 1. The molecule has 298 valence electrons. The first kappa shape index (κ1) is 39.3. The predicted molar refractivity (Wildman–Crippen MR) is 228 cm³/mol. The van der Waals surface area contributed by atoms with E-state index >= 15 is 0 Å². The Labute approximate surface area is 350 Å². The molecule has 2 N–H and O–H groups in total. The number of H-pyrrole nitrogens is 1. The predicted octanol–water partition coefficient (Wildman–Crippen LogP) is 9.43. The standard InChI is InChI=1S/C43H41Cl3N8O4/c1-25(31-12-10-28(44)21-33(31)46)54-24-48-37(26-8-5-4-6-9-26)39(54)36-32-13-11-29(45)22-34(32)49-38(36)41(55)50-35-20-27(42(56)51(2)3)23-47-40(35)52-17-14-30(15-18-52)53-16-7-19-58-43(53)57/h4-6,8-13,20-25,30,49H,7,14-19H2,1-3H3,(H,50,55)/t25-/m0/s1. The highest BCUT2D eigenvalue weighted by Gasteiger charge is 2.33. The molecule has 2 aliphatic heterocycles. The van der Waals surface area contributed by atoms with Crippen molar-refractivity contribution in [1.29, 1.82) is 0 Å².